The summed E-state index contributed by atoms with van der Waals surface area (Å²) in [5.74, 6) is -1.14. The quantitative estimate of drug-likeness (QED) is 0.375. The fourth-order valence-corrected chi connectivity index (χ4v) is 2.74. The van der Waals surface area contributed by atoms with Gasteiger partial charge in [-0.15, -0.1) is 0 Å². The van der Waals surface area contributed by atoms with Crippen molar-refractivity contribution in [1.29, 1.82) is 5.26 Å². The SMILES string of the molecule is CCOC(=O)c1c(C)[nH]c(C)c1C(=O)/C(C#N)=C/c1ccccc1Cl. The molecular weight excluding hydrogens is 340 g/mol. The van der Waals surface area contributed by atoms with Crippen molar-refractivity contribution in [3.05, 3.63) is 62.9 Å². The van der Waals surface area contributed by atoms with Crippen LogP contribution in [-0.2, 0) is 4.74 Å². The average Bonchev–Trinajstić information content (AvgIpc) is 2.88. The number of rotatable bonds is 5. The fourth-order valence-electron chi connectivity index (χ4n) is 2.55. The molecule has 0 radical (unpaired) electrons. The number of benzene rings is 1. The molecule has 2 rings (SSSR count). The zero-order chi connectivity index (χ0) is 18.6. The molecule has 0 spiro atoms. The molecule has 0 aliphatic rings. The number of nitrogens with zero attached hydrogens (tertiary/aromatic N) is 1. The van der Waals surface area contributed by atoms with Gasteiger partial charge in [0, 0.05) is 16.4 Å². The lowest BCUT2D eigenvalue weighted by Gasteiger charge is -2.06. The van der Waals surface area contributed by atoms with Crippen molar-refractivity contribution in [1.82, 2.24) is 4.98 Å². The van der Waals surface area contributed by atoms with Crippen LogP contribution in [0.25, 0.3) is 6.08 Å². The zero-order valence-corrected chi connectivity index (χ0v) is 14.9. The second-order valence-electron chi connectivity index (χ2n) is 5.37. The van der Waals surface area contributed by atoms with Gasteiger partial charge in [0.15, 0.2) is 0 Å². The molecule has 1 aromatic carbocycles. The Bertz CT molecular complexity index is 904. The van der Waals surface area contributed by atoms with E-state index in [1.807, 2.05) is 6.07 Å². The van der Waals surface area contributed by atoms with Crippen molar-refractivity contribution in [2.24, 2.45) is 0 Å². The van der Waals surface area contributed by atoms with E-state index in [-0.39, 0.29) is 23.3 Å². The molecule has 25 heavy (non-hydrogen) atoms. The second kappa shape index (κ2) is 7.82. The number of aryl methyl sites for hydroxylation is 2. The molecule has 0 fully saturated rings. The highest BCUT2D eigenvalue weighted by Gasteiger charge is 2.27. The lowest BCUT2D eigenvalue weighted by atomic mass is 9.98. The Morgan fingerprint density at radius 3 is 2.48 bits per heavy atom. The average molecular weight is 357 g/mol. The Labute approximate surface area is 150 Å². The number of ether oxygens (including phenoxy) is 1. The number of aromatic nitrogens is 1. The number of halogens is 1. The predicted octanol–water partition coefficient (Wildman–Crippen LogP) is 4.25. The molecule has 0 amide bonds. The molecule has 1 N–H and O–H groups in total. The molecular formula is C19H17ClN2O3. The van der Waals surface area contributed by atoms with Gasteiger partial charge in [0.25, 0.3) is 0 Å². The van der Waals surface area contributed by atoms with Crippen molar-refractivity contribution in [3.8, 4) is 6.07 Å². The van der Waals surface area contributed by atoms with E-state index in [9.17, 15) is 14.9 Å². The summed E-state index contributed by atoms with van der Waals surface area (Å²) in [6.07, 6.45) is 1.42. The summed E-state index contributed by atoms with van der Waals surface area (Å²) in [5, 5.41) is 9.86. The van der Waals surface area contributed by atoms with Crippen LogP contribution >= 0.6 is 11.6 Å². The molecule has 6 heteroatoms. The first-order valence-corrected chi connectivity index (χ1v) is 8.05. The van der Waals surface area contributed by atoms with Crippen LogP contribution in [0.3, 0.4) is 0 Å². The largest absolute Gasteiger partial charge is 0.462 e. The topological polar surface area (TPSA) is 83.0 Å². The number of carbonyl (C=O) groups is 2. The Balaban J connectivity index is 2.55. The summed E-state index contributed by atoms with van der Waals surface area (Å²) < 4.78 is 5.03. The van der Waals surface area contributed by atoms with E-state index in [1.165, 1.54) is 6.08 Å². The minimum Gasteiger partial charge on any atom is -0.462 e. The number of H-pyrrole nitrogens is 1. The second-order valence-corrected chi connectivity index (χ2v) is 5.77. The number of Topliss-reactive ketones (excluding diaryl/α,β-unsaturated/α-hetero) is 1. The Kier molecular flexibility index (Phi) is 5.79. The molecule has 0 bridgehead atoms. The third-order valence-electron chi connectivity index (χ3n) is 3.65. The lowest BCUT2D eigenvalue weighted by Crippen LogP contribution is -2.13. The van der Waals surface area contributed by atoms with Crippen LogP contribution in [0.4, 0.5) is 0 Å². The minimum atomic E-state index is -0.595. The van der Waals surface area contributed by atoms with Gasteiger partial charge in [0.05, 0.1) is 17.7 Å². The number of esters is 1. The van der Waals surface area contributed by atoms with E-state index >= 15 is 0 Å². The van der Waals surface area contributed by atoms with Crippen LogP contribution in [0.15, 0.2) is 29.8 Å². The highest BCUT2D eigenvalue weighted by Crippen LogP contribution is 2.25. The summed E-state index contributed by atoms with van der Waals surface area (Å²) in [6.45, 7) is 5.23. The molecule has 5 nitrogen and oxygen atoms in total. The van der Waals surface area contributed by atoms with E-state index in [4.69, 9.17) is 16.3 Å². The van der Waals surface area contributed by atoms with Gasteiger partial charge in [0.2, 0.25) is 5.78 Å². The number of allylic oxidation sites excluding steroid dienone is 1. The van der Waals surface area contributed by atoms with Crippen LogP contribution in [-0.4, -0.2) is 23.3 Å². The maximum atomic E-state index is 12.9. The van der Waals surface area contributed by atoms with E-state index in [0.717, 1.165) is 0 Å². The van der Waals surface area contributed by atoms with Gasteiger partial charge < -0.3 is 9.72 Å². The number of nitrogens with one attached hydrogen (secondary N) is 1. The number of aromatic amines is 1. The maximum Gasteiger partial charge on any atom is 0.340 e. The third kappa shape index (κ3) is 3.81. The summed E-state index contributed by atoms with van der Waals surface area (Å²) in [5.41, 5.74) is 1.78. The molecule has 0 aliphatic carbocycles. The van der Waals surface area contributed by atoms with Crippen LogP contribution in [0, 0.1) is 25.2 Å². The normalized spacial score (nSPS) is 11.1. The Morgan fingerprint density at radius 2 is 1.88 bits per heavy atom. The summed E-state index contributed by atoms with van der Waals surface area (Å²) in [6, 6.07) is 8.78. The monoisotopic (exact) mass is 356 g/mol. The highest BCUT2D eigenvalue weighted by atomic mass is 35.5. The van der Waals surface area contributed by atoms with Gasteiger partial charge in [-0.2, -0.15) is 5.26 Å². The van der Waals surface area contributed by atoms with Gasteiger partial charge in [0.1, 0.15) is 11.6 Å². The summed E-state index contributed by atoms with van der Waals surface area (Å²) >= 11 is 6.09. The molecule has 2 aromatic rings. The van der Waals surface area contributed by atoms with E-state index in [1.54, 1.807) is 45.0 Å². The van der Waals surface area contributed by atoms with Crippen LogP contribution in [0.5, 0.6) is 0 Å². The van der Waals surface area contributed by atoms with E-state index in [0.29, 0.717) is 22.0 Å². The van der Waals surface area contributed by atoms with Crippen molar-refractivity contribution >= 4 is 29.4 Å². The molecule has 1 heterocycles. The molecule has 0 aliphatic heterocycles. The molecule has 0 saturated heterocycles. The molecule has 0 saturated carbocycles. The number of nitriles is 1. The van der Waals surface area contributed by atoms with Gasteiger partial charge in [-0.05, 0) is 38.5 Å². The fraction of sp³-hybridized carbons (Fsp3) is 0.211. The van der Waals surface area contributed by atoms with Crippen LogP contribution < -0.4 is 0 Å². The first-order valence-electron chi connectivity index (χ1n) is 7.68. The predicted molar refractivity (Wildman–Crippen MR) is 95.6 cm³/mol. The van der Waals surface area contributed by atoms with Crippen molar-refractivity contribution < 1.29 is 14.3 Å². The smallest absolute Gasteiger partial charge is 0.340 e. The summed E-state index contributed by atoms with van der Waals surface area (Å²) in [7, 11) is 0. The van der Waals surface area contributed by atoms with Crippen molar-refractivity contribution in [3.63, 3.8) is 0 Å². The number of ketones is 1. The Hall–Kier alpha value is -2.84. The minimum absolute atomic E-state index is 0.110. The van der Waals surface area contributed by atoms with Crippen LogP contribution in [0.2, 0.25) is 5.02 Å². The van der Waals surface area contributed by atoms with Crippen molar-refractivity contribution in [2.75, 3.05) is 6.61 Å². The highest BCUT2D eigenvalue weighted by molar-refractivity contribution is 6.32. The maximum absolute atomic E-state index is 12.9. The molecule has 1 aromatic heterocycles. The van der Waals surface area contributed by atoms with Gasteiger partial charge in [-0.3, -0.25) is 4.79 Å². The standard InChI is InChI=1S/C19H17ClN2O3/c1-4-25-19(24)17-12(3)22-11(2)16(17)18(23)14(10-21)9-13-7-5-6-8-15(13)20/h5-9,22H,4H2,1-3H3/b14-9+. The van der Waals surface area contributed by atoms with Gasteiger partial charge in [-0.1, -0.05) is 29.8 Å². The zero-order valence-electron chi connectivity index (χ0n) is 14.1. The van der Waals surface area contributed by atoms with Crippen LogP contribution in [0.1, 0.15) is 44.6 Å². The lowest BCUT2D eigenvalue weighted by molar-refractivity contribution is 0.0523. The van der Waals surface area contributed by atoms with Gasteiger partial charge in [-0.25, -0.2) is 4.79 Å². The number of carbonyl (C=O) groups excluding carboxylic acids is 2. The molecule has 0 unspecified atom stereocenters. The van der Waals surface area contributed by atoms with E-state index < -0.39 is 11.8 Å². The Morgan fingerprint density at radius 1 is 1.24 bits per heavy atom. The van der Waals surface area contributed by atoms with Gasteiger partial charge >= 0.3 is 5.97 Å². The number of hydrogen-bond donors (Lipinski definition) is 1. The third-order valence-corrected chi connectivity index (χ3v) is 4.00. The van der Waals surface area contributed by atoms with Crippen molar-refractivity contribution in [2.45, 2.75) is 20.8 Å². The first-order chi connectivity index (χ1) is 11.9. The first kappa shape index (κ1) is 18.5. The summed E-state index contributed by atoms with van der Waals surface area (Å²) in [4.78, 5) is 28.1. The number of hydrogen-bond acceptors (Lipinski definition) is 4. The molecule has 128 valence electrons. The molecule has 0 atom stereocenters. The van der Waals surface area contributed by atoms with E-state index in [2.05, 4.69) is 4.98 Å².